The Balaban J connectivity index is 1.76. The molecule has 0 aliphatic rings. The maximum atomic E-state index is 10.4. The zero-order valence-corrected chi connectivity index (χ0v) is 17.2. The molecule has 0 aliphatic carbocycles. The van der Waals surface area contributed by atoms with Gasteiger partial charge in [0.25, 0.3) is 5.82 Å². The maximum Gasteiger partial charge on any atom is 0.303 e. The summed E-state index contributed by atoms with van der Waals surface area (Å²) in [5.74, 6) is 0.681. The second kappa shape index (κ2) is 14.8. The highest BCUT2D eigenvalue weighted by Gasteiger charge is 2.07. The second-order valence-electron chi connectivity index (χ2n) is 7.74. The number of unbranched alkanes of at least 4 members (excludes halogenated alkanes) is 13. The SMILES string of the molecule is Cc1n(C)cc[n+]1CCCCCCCCCCCCCCCCC(=O)O. The van der Waals surface area contributed by atoms with Gasteiger partial charge in [-0.25, -0.2) is 9.13 Å². The Morgan fingerprint density at radius 1 is 0.846 bits per heavy atom. The van der Waals surface area contributed by atoms with E-state index >= 15 is 0 Å². The van der Waals surface area contributed by atoms with E-state index < -0.39 is 5.97 Å². The zero-order valence-electron chi connectivity index (χ0n) is 17.2. The van der Waals surface area contributed by atoms with Crippen molar-refractivity contribution < 1.29 is 14.5 Å². The lowest BCUT2D eigenvalue weighted by molar-refractivity contribution is -0.702. The Labute approximate surface area is 160 Å². The van der Waals surface area contributed by atoms with Crippen LogP contribution in [0.5, 0.6) is 0 Å². The van der Waals surface area contributed by atoms with E-state index in [1.54, 1.807) is 0 Å². The standard InChI is InChI=1S/C22H40N2O2/c1-21-23(2)19-20-24(21)18-16-14-12-10-8-6-4-3-5-7-9-11-13-15-17-22(25)26/h19-20H,3-18H2,1-2H3/p+1. The third kappa shape index (κ3) is 11.3. The first-order valence-electron chi connectivity index (χ1n) is 10.8. The molecule has 1 aromatic heterocycles. The quantitative estimate of drug-likeness (QED) is 0.290. The molecule has 150 valence electrons. The van der Waals surface area contributed by atoms with Crippen LogP contribution in [0.15, 0.2) is 12.4 Å². The number of carboxylic acid groups (broad SMARTS) is 1. The first kappa shape index (κ1) is 22.7. The summed E-state index contributed by atoms with van der Waals surface area (Å²) in [6.45, 7) is 3.34. The number of imidazole rings is 1. The monoisotopic (exact) mass is 365 g/mol. The Bertz CT molecular complexity index is 482. The molecular formula is C22H41N2O2+. The van der Waals surface area contributed by atoms with Gasteiger partial charge in [-0.1, -0.05) is 70.6 Å². The summed E-state index contributed by atoms with van der Waals surface area (Å²) in [6.07, 6.45) is 22.7. The van der Waals surface area contributed by atoms with Crippen LogP contribution in [0.4, 0.5) is 0 Å². The number of carbonyl (C=O) groups is 1. The van der Waals surface area contributed by atoms with Crippen LogP contribution >= 0.6 is 0 Å². The van der Waals surface area contributed by atoms with Crippen molar-refractivity contribution in [2.24, 2.45) is 7.05 Å². The second-order valence-corrected chi connectivity index (χ2v) is 7.74. The lowest BCUT2D eigenvalue weighted by Gasteiger charge is -2.03. The fraction of sp³-hybridized carbons (Fsp3) is 0.818. The van der Waals surface area contributed by atoms with Crippen LogP contribution in [0.25, 0.3) is 0 Å². The molecule has 0 aliphatic heterocycles. The molecule has 0 saturated carbocycles. The largest absolute Gasteiger partial charge is 0.481 e. The Kier molecular flexibility index (Phi) is 12.9. The molecule has 0 unspecified atom stereocenters. The van der Waals surface area contributed by atoms with Crippen LogP contribution in [0, 0.1) is 6.92 Å². The highest BCUT2D eigenvalue weighted by Crippen LogP contribution is 2.13. The molecule has 0 bridgehead atoms. The van der Waals surface area contributed by atoms with Gasteiger partial charge in [-0.05, 0) is 19.3 Å². The highest BCUT2D eigenvalue weighted by atomic mass is 16.4. The maximum absolute atomic E-state index is 10.4. The minimum absolute atomic E-state index is 0.338. The van der Waals surface area contributed by atoms with Gasteiger partial charge in [0.2, 0.25) is 0 Å². The topological polar surface area (TPSA) is 46.1 Å². The number of aromatic nitrogens is 2. The highest BCUT2D eigenvalue weighted by molar-refractivity contribution is 5.66. The molecule has 0 atom stereocenters. The number of aliphatic carboxylic acids is 1. The number of rotatable bonds is 17. The molecule has 0 fully saturated rings. The van der Waals surface area contributed by atoms with Gasteiger partial charge in [0, 0.05) is 13.3 Å². The van der Waals surface area contributed by atoms with Crippen LogP contribution in [0.3, 0.4) is 0 Å². The molecule has 26 heavy (non-hydrogen) atoms. The predicted molar refractivity (Wildman–Crippen MR) is 107 cm³/mol. The van der Waals surface area contributed by atoms with E-state index in [0.29, 0.717) is 6.42 Å². The van der Waals surface area contributed by atoms with Crippen molar-refractivity contribution >= 4 is 5.97 Å². The summed E-state index contributed by atoms with van der Waals surface area (Å²) in [5.41, 5.74) is 0. The molecule has 0 spiro atoms. The van der Waals surface area contributed by atoms with E-state index in [9.17, 15) is 4.79 Å². The van der Waals surface area contributed by atoms with Crippen molar-refractivity contribution in [3.05, 3.63) is 18.2 Å². The molecule has 0 radical (unpaired) electrons. The molecule has 0 saturated heterocycles. The summed E-state index contributed by atoms with van der Waals surface area (Å²) < 4.78 is 4.53. The van der Waals surface area contributed by atoms with E-state index in [0.717, 1.165) is 19.4 Å². The normalized spacial score (nSPS) is 11.2. The van der Waals surface area contributed by atoms with Gasteiger partial charge in [-0.2, -0.15) is 0 Å². The first-order chi connectivity index (χ1) is 12.6. The average molecular weight is 366 g/mol. The van der Waals surface area contributed by atoms with Crippen molar-refractivity contribution in [3.63, 3.8) is 0 Å². The van der Waals surface area contributed by atoms with Gasteiger partial charge in [-0.3, -0.25) is 4.79 Å². The summed E-state index contributed by atoms with van der Waals surface area (Å²) in [6, 6.07) is 0. The number of aryl methyl sites for hydroxylation is 2. The van der Waals surface area contributed by atoms with Crippen molar-refractivity contribution in [1.29, 1.82) is 0 Å². The Hall–Kier alpha value is -1.32. The van der Waals surface area contributed by atoms with E-state index in [1.165, 1.54) is 82.9 Å². The average Bonchev–Trinajstić information content (AvgIpc) is 2.93. The van der Waals surface area contributed by atoms with Gasteiger partial charge >= 0.3 is 5.97 Å². The van der Waals surface area contributed by atoms with Crippen LogP contribution in [-0.4, -0.2) is 15.6 Å². The zero-order chi connectivity index (χ0) is 19.0. The molecule has 1 N–H and O–H groups in total. The molecule has 1 aromatic rings. The van der Waals surface area contributed by atoms with Crippen molar-refractivity contribution in [2.45, 2.75) is 110 Å². The van der Waals surface area contributed by atoms with Crippen LogP contribution in [0.2, 0.25) is 0 Å². The van der Waals surface area contributed by atoms with E-state index in [2.05, 4.69) is 35.5 Å². The number of hydrogen-bond donors (Lipinski definition) is 1. The molecule has 1 rings (SSSR count). The first-order valence-corrected chi connectivity index (χ1v) is 10.8. The Morgan fingerprint density at radius 2 is 1.27 bits per heavy atom. The molecule has 4 heteroatoms. The summed E-state index contributed by atoms with van der Waals surface area (Å²) >= 11 is 0. The van der Waals surface area contributed by atoms with Gasteiger partial charge in [0.15, 0.2) is 0 Å². The fourth-order valence-corrected chi connectivity index (χ4v) is 3.51. The number of nitrogens with zero attached hydrogens (tertiary/aromatic N) is 2. The predicted octanol–water partition coefficient (Wildman–Crippen LogP) is 5.56. The van der Waals surface area contributed by atoms with E-state index in [1.807, 2.05) is 0 Å². The molecule has 0 aromatic carbocycles. The van der Waals surface area contributed by atoms with Gasteiger partial charge < -0.3 is 5.11 Å². The number of hydrogen-bond acceptors (Lipinski definition) is 1. The molecular weight excluding hydrogens is 324 g/mol. The van der Waals surface area contributed by atoms with E-state index in [-0.39, 0.29) is 0 Å². The minimum Gasteiger partial charge on any atom is -0.481 e. The summed E-state index contributed by atoms with van der Waals surface area (Å²) in [7, 11) is 2.11. The summed E-state index contributed by atoms with van der Waals surface area (Å²) in [5, 5.41) is 8.57. The van der Waals surface area contributed by atoms with Crippen LogP contribution in [0.1, 0.15) is 102 Å². The van der Waals surface area contributed by atoms with Gasteiger partial charge in [0.05, 0.1) is 13.6 Å². The van der Waals surface area contributed by atoms with E-state index in [4.69, 9.17) is 5.11 Å². The van der Waals surface area contributed by atoms with Gasteiger partial charge in [0.1, 0.15) is 12.4 Å². The third-order valence-electron chi connectivity index (χ3n) is 5.44. The van der Waals surface area contributed by atoms with Crippen LogP contribution in [-0.2, 0) is 18.4 Å². The number of carboxylic acids is 1. The smallest absolute Gasteiger partial charge is 0.303 e. The molecule has 4 nitrogen and oxygen atoms in total. The van der Waals surface area contributed by atoms with Crippen molar-refractivity contribution in [3.8, 4) is 0 Å². The third-order valence-corrected chi connectivity index (χ3v) is 5.44. The van der Waals surface area contributed by atoms with Crippen molar-refractivity contribution in [1.82, 2.24) is 4.57 Å². The Morgan fingerprint density at radius 3 is 1.65 bits per heavy atom. The summed E-state index contributed by atoms with van der Waals surface area (Å²) in [4.78, 5) is 10.4. The van der Waals surface area contributed by atoms with Crippen molar-refractivity contribution in [2.75, 3.05) is 0 Å². The lowest BCUT2D eigenvalue weighted by Crippen LogP contribution is -2.35. The lowest BCUT2D eigenvalue weighted by atomic mass is 10.0. The molecule has 1 heterocycles. The molecule has 0 amide bonds. The van der Waals surface area contributed by atoms with Gasteiger partial charge in [-0.15, -0.1) is 0 Å². The van der Waals surface area contributed by atoms with Crippen LogP contribution < -0.4 is 4.57 Å². The fourth-order valence-electron chi connectivity index (χ4n) is 3.51. The minimum atomic E-state index is -0.657.